The average molecular weight is 173 g/mol. The third-order valence-electron chi connectivity index (χ3n) is 1.05. The second-order valence-electron chi connectivity index (χ2n) is 1.97. The Bertz CT molecular complexity index is 360. The van der Waals surface area contributed by atoms with Gasteiger partial charge in [-0.2, -0.15) is 0 Å². The molecule has 0 spiro atoms. The van der Waals surface area contributed by atoms with Crippen molar-refractivity contribution in [2.24, 2.45) is 5.14 Å². The van der Waals surface area contributed by atoms with Gasteiger partial charge in [0.2, 0.25) is 0 Å². The first kappa shape index (κ1) is 7.96. The van der Waals surface area contributed by atoms with Gasteiger partial charge in [0.05, 0.1) is 0 Å². The summed E-state index contributed by atoms with van der Waals surface area (Å²) in [6.45, 7) is 0. The van der Waals surface area contributed by atoms with Crippen molar-refractivity contribution in [2.45, 2.75) is 5.03 Å². The summed E-state index contributed by atoms with van der Waals surface area (Å²) in [6.07, 6.45) is 1.29. The molecule has 0 saturated carbocycles. The van der Waals surface area contributed by atoms with Crippen LogP contribution in [0.5, 0.6) is 0 Å². The molecule has 0 fully saturated rings. The predicted molar refractivity (Wildman–Crippen MR) is 40.0 cm³/mol. The van der Waals surface area contributed by atoms with Gasteiger partial charge in [0.25, 0.3) is 10.0 Å². The molecular weight excluding hydrogens is 166 g/mol. The summed E-state index contributed by atoms with van der Waals surface area (Å²) in [4.78, 5) is 3.52. The smallest absolute Gasteiger partial charge is 0.255 e. The maximum Gasteiger partial charge on any atom is 0.255 e. The molecule has 5 nitrogen and oxygen atoms in total. The SMILES string of the molecule is Nc1ccnc(S(N)(=O)=O)c1. The zero-order chi connectivity index (χ0) is 8.48. The van der Waals surface area contributed by atoms with Crippen molar-refractivity contribution in [1.82, 2.24) is 4.98 Å². The Morgan fingerprint density at radius 2 is 2.09 bits per heavy atom. The summed E-state index contributed by atoms with van der Waals surface area (Å²) in [5, 5.41) is 4.57. The van der Waals surface area contributed by atoms with E-state index in [9.17, 15) is 8.42 Å². The van der Waals surface area contributed by atoms with E-state index >= 15 is 0 Å². The van der Waals surface area contributed by atoms with Crippen molar-refractivity contribution in [3.8, 4) is 0 Å². The van der Waals surface area contributed by atoms with Crippen LogP contribution in [-0.4, -0.2) is 13.4 Å². The van der Waals surface area contributed by atoms with Crippen LogP contribution in [0.3, 0.4) is 0 Å². The molecule has 4 N–H and O–H groups in total. The lowest BCUT2D eigenvalue weighted by Crippen LogP contribution is -2.13. The van der Waals surface area contributed by atoms with Gasteiger partial charge in [-0.25, -0.2) is 18.5 Å². The Balaban J connectivity index is 3.28. The molecule has 0 unspecified atom stereocenters. The molecule has 0 saturated heterocycles. The van der Waals surface area contributed by atoms with E-state index in [1.807, 2.05) is 0 Å². The zero-order valence-corrected chi connectivity index (χ0v) is 6.38. The molecule has 0 aliphatic rings. The first-order valence-electron chi connectivity index (χ1n) is 2.74. The third kappa shape index (κ3) is 1.89. The van der Waals surface area contributed by atoms with Crippen molar-refractivity contribution in [3.63, 3.8) is 0 Å². The number of sulfonamides is 1. The lowest BCUT2D eigenvalue weighted by molar-refractivity contribution is 0.594. The van der Waals surface area contributed by atoms with Crippen LogP contribution < -0.4 is 10.9 Å². The second kappa shape index (κ2) is 2.48. The van der Waals surface area contributed by atoms with Gasteiger partial charge in [-0.3, -0.25) is 0 Å². The molecule has 1 heterocycles. The second-order valence-corrected chi connectivity index (χ2v) is 3.48. The van der Waals surface area contributed by atoms with Crippen LogP contribution >= 0.6 is 0 Å². The van der Waals surface area contributed by atoms with Crippen molar-refractivity contribution in [1.29, 1.82) is 0 Å². The fraction of sp³-hybridized carbons (Fsp3) is 0. The Kier molecular flexibility index (Phi) is 1.79. The van der Waals surface area contributed by atoms with Crippen molar-refractivity contribution in [2.75, 3.05) is 5.73 Å². The highest BCUT2D eigenvalue weighted by Gasteiger charge is 2.07. The van der Waals surface area contributed by atoms with Crippen LogP contribution in [0.2, 0.25) is 0 Å². The number of nitrogens with two attached hydrogens (primary N) is 2. The highest BCUT2D eigenvalue weighted by Crippen LogP contribution is 2.06. The van der Waals surface area contributed by atoms with Gasteiger partial charge in [-0.05, 0) is 12.1 Å². The number of primary sulfonamides is 1. The van der Waals surface area contributed by atoms with E-state index in [0.717, 1.165) is 0 Å². The lowest BCUT2D eigenvalue weighted by atomic mass is 10.4. The Morgan fingerprint density at radius 3 is 2.45 bits per heavy atom. The fourth-order valence-corrected chi connectivity index (χ4v) is 1.09. The van der Waals surface area contributed by atoms with Crippen LogP contribution in [0, 0.1) is 0 Å². The van der Waals surface area contributed by atoms with Gasteiger partial charge in [-0.1, -0.05) is 0 Å². The highest BCUT2D eigenvalue weighted by molar-refractivity contribution is 7.89. The molecule has 0 aliphatic heterocycles. The van der Waals surface area contributed by atoms with Crippen molar-refractivity contribution >= 4 is 15.7 Å². The molecule has 1 rings (SSSR count). The van der Waals surface area contributed by atoms with Crippen LogP contribution in [0.15, 0.2) is 23.4 Å². The average Bonchev–Trinajstić information content (AvgIpc) is 1.86. The van der Waals surface area contributed by atoms with Gasteiger partial charge in [-0.15, -0.1) is 0 Å². The number of anilines is 1. The topological polar surface area (TPSA) is 99.1 Å². The summed E-state index contributed by atoms with van der Waals surface area (Å²) < 4.78 is 21.3. The number of nitrogen functional groups attached to an aromatic ring is 1. The maximum absolute atomic E-state index is 10.6. The monoisotopic (exact) mass is 173 g/mol. The van der Waals surface area contributed by atoms with E-state index in [2.05, 4.69) is 4.98 Å². The molecule has 11 heavy (non-hydrogen) atoms. The highest BCUT2D eigenvalue weighted by atomic mass is 32.2. The molecular formula is C5H7N3O2S. The van der Waals surface area contributed by atoms with Gasteiger partial charge >= 0.3 is 0 Å². The molecule has 0 atom stereocenters. The molecule has 0 aromatic carbocycles. The maximum atomic E-state index is 10.6. The molecule has 0 radical (unpaired) electrons. The zero-order valence-electron chi connectivity index (χ0n) is 5.56. The van der Waals surface area contributed by atoms with E-state index in [1.165, 1.54) is 18.3 Å². The molecule has 60 valence electrons. The Morgan fingerprint density at radius 1 is 1.45 bits per heavy atom. The van der Waals surface area contributed by atoms with Crippen LogP contribution in [0.25, 0.3) is 0 Å². The molecule has 0 amide bonds. The predicted octanol–water partition coefficient (Wildman–Crippen LogP) is -0.689. The number of hydrogen-bond acceptors (Lipinski definition) is 4. The quantitative estimate of drug-likeness (QED) is 0.587. The first-order valence-corrected chi connectivity index (χ1v) is 4.29. The van der Waals surface area contributed by atoms with Gasteiger partial charge in [0.15, 0.2) is 5.03 Å². The van der Waals surface area contributed by atoms with Gasteiger partial charge < -0.3 is 5.73 Å². The van der Waals surface area contributed by atoms with Crippen molar-refractivity contribution in [3.05, 3.63) is 18.3 Å². The Labute approximate surface area is 64.1 Å². The minimum absolute atomic E-state index is 0.211. The number of hydrogen-bond donors (Lipinski definition) is 2. The van der Waals surface area contributed by atoms with E-state index in [-0.39, 0.29) is 5.03 Å². The standard InChI is InChI=1S/C5H7N3O2S/c6-4-1-2-8-5(3-4)11(7,9)10/h1-3H,(H2,6,8)(H2,7,9,10). The fourth-order valence-electron chi connectivity index (χ4n) is 0.580. The van der Waals surface area contributed by atoms with E-state index < -0.39 is 10.0 Å². The van der Waals surface area contributed by atoms with E-state index in [4.69, 9.17) is 10.9 Å². The molecule has 0 bridgehead atoms. The van der Waals surface area contributed by atoms with Crippen LogP contribution in [0.1, 0.15) is 0 Å². The van der Waals surface area contributed by atoms with E-state index in [0.29, 0.717) is 5.69 Å². The summed E-state index contributed by atoms with van der Waals surface area (Å²) in [7, 11) is -3.72. The van der Waals surface area contributed by atoms with Crippen LogP contribution in [-0.2, 0) is 10.0 Å². The molecule has 0 aliphatic carbocycles. The first-order chi connectivity index (χ1) is 5.00. The van der Waals surface area contributed by atoms with Gasteiger partial charge in [0, 0.05) is 11.9 Å². The number of aromatic nitrogens is 1. The van der Waals surface area contributed by atoms with E-state index in [1.54, 1.807) is 0 Å². The summed E-state index contributed by atoms with van der Waals surface area (Å²) >= 11 is 0. The minimum atomic E-state index is -3.72. The Hall–Kier alpha value is -1.14. The normalized spacial score (nSPS) is 11.4. The molecule has 1 aromatic rings. The largest absolute Gasteiger partial charge is 0.399 e. The number of nitrogens with zero attached hydrogens (tertiary/aromatic N) is 1. The minimum Gasteiger partial charge on any atom is -0.399 e. The molecule has 1 aromatic heterocycles. The third-order valence-corrected chi connectivity index (χ3v) is 1.86. The number of rotatable bonds is 1. The lowest BCUT2D eigenvalue weighted by Gasteiger charge is -1.96. The number of pyridine rings is 1. The summed E-state index contributed by atoms with van der Waals surface area (Å²) in [5.74, 6) is 0. The van der Waals surface area contributed by atoms with Gasteiger partial charge in [0.1, 0.15) is 0 Å². The van der Waals surface area contributed by atoms with Crippen molar-refractivity contribution < 1.29 is 8.42 Å². The molecule has 6 heteroatoms. The van der Waals surface area contributed by atoms with Crippen LogP contribution in [0.4, 0.5) is 5.69 Å². The summed E-state index contributed by atoms with van der Waals surface area (Å²) in [6, 6.07) is 2.68. The summed E-state index contributed by atoms with van der Waals surface area (Å²) in [5.41, 5.74) is 5.62.